The van der Waals surface area contributed by atoms with Gasteiger partial charge >= 0.3 is 0 Å². The van der Waals surface area contributed by atoms with Crippen molar-refractivity contribution in [3.8, 4) is 5.88 Å². The second-order valence-electron chi connectivity index (χ2n) is 4.97. The smallest absolute Gasteiger partial charge is 0.260 e. The molecule has 0 spiro atoms. The van der Waals surface area contributed by atoms with Gasteiger partial charge in [-0.05, 0) is 25.3 Å². The number of rotatable bonds is 3. The molecule has 1 amide bonds. The van der Waals surface area contributed by atoms with Gasteiger partial charge in [-0.25, -0.2) is 0 Å². The van der Waals surface area contributed by atoms with Gasteiger partial charge in [0, 0.05) is 23.9 Å². The summed E-state index contributed by atoms with van der Waals surface area (Å²) in [6.45, 7) is 1.70. The molecule has 2 heterocycles. The highest BCUT2D eigenvalue weighted by Crippen LogP contribution is 2.21. The largest absolute Gasteiger partial charge is 0.466 e. The van der Waals surface area contributed by atoms with Crippen molar-refractivity contribution in [2.75, 3.05) is 19.7 Å². The number of amides is 1. The molecule has 1 aromatic heterocycles. The average molecular weight is 271 g/mol. The molecule has 0 aliphatic carbocycles. The van der Waals surface area contributed by atoms with Crippen LogP contribution in [0.15, 0.2) is 30.5 Å². The summed E-state index contributed by atoms with van der Waals surface area (Å²) in [6.07, 6.45) is 5.06. The number of piperidine rings is 1. The van der Waals surface area contributed by atoms with Crippen LogP contribution < -0.4 is 4.74 Å². The lowest BCUT2D eigenvalue weighted by molar-refractivity contribution is -0.134. The first kappa shape index (κ1) is 12.8. The molecule has 0 saturated carbocycles. The summed E-state index contributed by atoms with van der Waals surface area (Å²) in [6, 6.07) is 7.73. The number of fused-ring (bicyclic) bond motifs is 1. The minimum absolute atomic E-state index is 0.0273. The lowest BCUT2D eigenvalue weighted by Crippen LogP contribution is -2.38. The van der Waals surface area contributed by atoms with Crippen molar-refractivity contribution in [1.29, 1.82) is 0 Å². The topological polar surface area (TPSA) is 55.3 Å². The molecule has 20 heavy (non-hydrogen) atoms. The van der Waals surface area contributed by atoms with Crippen molar-refractivity contribution in [3.05, 3.63) is 30.5 Å². The number of carbonyl (C=O) groups is 1. The van der Waals surface area contributed by atoms with E-state index in [0.29, 0.717) is 5.88 Å². The minimum atomic E-state index is 0.0273. The van der Waals surface area contributed by atoms with Crippen LogP contribution in [0.3, 0.4) is 0 Å². The summed E-state index contributed by atoms with van der Waals surface area (Å²) in [5, 5.41) is 9.73. The molecular formula is C15H17N3O2. The lowest BCUT2D eigenvalue weighted by Gasteiger charge is -2.26. The maximum absolute atomic E-state index is 12.1. The molecule has 0 bridgehead atoms. The maximum atomic E-state index is 12.1. The molecule has 0 N–H and O–H groups in total. The van der Waals surface area contributed by atoms with E-state index in [-0.39, 0.29) is 12.5 Å². The van der Waals surface area contributed by atoms with E-state index in [1.807, 2.05) is 29.2 Å². The van der Waals surface area contributed by atoms with Gasteiger partial charge in [0.2, 0.25) is 5.88 Å². The third-order valence-corrected chi connectivity index (χ3v) is 3.58. The molecule has 1 fully saturated rings. The Balaban J connectivity index is 1.69. The molecule has 0 unspecified atom stereocenters. The summed E-state index contributed by atoms with van der Waals surface area (Å²) in [5.41, 5.74) is 0. The van der Waals surface area contributed by atoms with Gasteiger partial charge in [-0.1, -0.05) is 18.2 Å². The van der Waals surface area contributed by atoms with Crippen LogP contribution in [-0.4, -0.2) is 40.7 Å². The lowest BCUT2D eigenvalue weighted by atomic mass is 10.1. The standard InChI is InChI=1S/C15H17N3O2/c19-14(18-8-4-1-5-9-18)11-20-15-13-7-3-2-6-12(13)10-16-17-15/h2-3,6-7,10H,1,4-5,8-9,11H2. The van der Waals surface area contributed by atoms with Crippen molar-refractivity contribution in [2.45, 2.75) is 19.3 Å². The molecular weight excluding hydrogens is 254 g/mol. The third-order valence-electron chi connectivity index (χ3n) is 3.58. The highest BCUT2D eigenvalue weighted by atomic mass is 16.5. The molecule has 1 aliphatic rings. The number of hydrogen-bond donors (Lipinski definition) is 0. The van der Waals surface area contributed by atoms with Gasteiger partial charge in [0.15, 0.2) is 6.61 Å². The second-order valence-corrected chi connectivity index (χ2v) is 4.97. The SMILES string of the molecule is O=C(COc1nncc2ccccc12)N1CCCCC1. The second kappa shape index (κ2) is 5.86. The van der Waals surface area contributed by atoms with Crippen LogP contribution in [0.4, 0.5) is 0 Å². The van der Waals surface area contributed by atoms with E-state index in [9.17, 15) is 4.79 Å². The van der Waals surface area contributed by atoms with Crippen LogP contribution in [0, 0.1) is 0 Å². The fourth-order valence-electron chi connectivity index (χ4n) is 2.47. The third kappa shape index (κ3) is 2.71. The molecule has 104 valence electrons. The predicted octanol–water partition coefficient (Wildman–Crippen LogP) is 2.02. The number of benzene rings is 1. The molecule has 0 radical (unpaired) electrons. The number of hydrogen-bond acceptors (Lipinski definition) is 4. The van der Waals surface area contributed by atoms with Crippen molar-refractivity contribution in [3.63, 3.8) is 0 Å². The molecule has 1 aromatic carbocycles. The van der Waals surface area contributed by atoms with E-state index >= 15 is 0 Å². The van der Waals surface area contributed by atoms with E-state index in [0.717, 1.165) is 36.7 Å². The zero-order chi connectivity index (χ0) is 13.8. The summed E-state index contributed by atoms with van der Waals surface area (Å²) >= 11 is 0. The van der Waals surface area contributed by atoms with Crippen LogP contribution in [0.25, 0.3) is 10.8 Å². The van der Waals surface area contributed by atoms with Crippen LogP contribution >= 0.6 is 0 Å². The highest BCUT2D eigenvalue weighted by Gasteiger charge is 2.17. The molecule has 5 nitrogen and oxygen atoms in total. The van der Waals surface area contributed by atoms with Crippen molar-refractivity contribution in [2.24, 2.45) is 0 Å². The number of aromatic nitrogens is 2. The Hall–Kier alpha value is -2.17. The highest BCUT2D eigenvalue weighted by molar-refractivity contribution is 5.86. The number of carbonyl (C=O) groups excluding carboxylic acids is 1. The van der Waals surface area contributed by atoms with Gasteiger partial charge in [0.05, 0.1) is 6.20 Å². The quantitative estimate of drug-likeness (QED) is 0.857. The first-order valence-corrected chi connectivity index (χ1v) is 6.95. The fraction of sp³-hybridized carbons (Fsp3) is 0.400. The predicted molar refractivity (Wildman–Crippen MR) is 75.5 cm³/mol. The normalized spacial score (nSPS) is 15.3. The Morgan fingerprint density at radius 3 is 2.85 bits per heavy atom. The fourth-order valence-corrected chi connectivity index (χ4v) is 2.47. The first-order chi connectivity index (χ1) is 9.84. The molecule has 0 atom stereocenters. The zero-order valence-electron chi connectivity index (χ0n) is 11.3. The summed E-state index contributed by atoms with van der Waals surface area (Å²) in [4.78, 5) is 13.9. The van der Waals surface area contributed by atoms with Crippen LogP contribution in [0.5, 0.6) is 5.88 Å². The number of ether oxygens (including phenoxy) is 1. The number of nitrogens with zero attached hydrogens (tertiary/aromatic N) is 3. The maximum Gasteiger partial charge on any atom is 0.260 e. The molecule has 1 aliphatic heterocycles. The minimum Gasteiger partial charge on any atom is -0.466 e. The average Bonchev–Trinajstić information content (AvgIpc) is 2.53. The summed E-state index contributed by atoms with van der Waals surface area (Å²) in [5.74, 6) is 0.452. The van der Waals surface area contributed by atoms with E-state index in [1.54, 1.807) is 6.20 Å². The Labute approximate surface area is 117 Å². The first-order valence-electron chi connectivity index (χ1n) is 6.95. The van der Waals surface area contributed by atoms with Crippen molar-refractivity contribution < 1.29 is 9.53 Å². The van der Waals surface area contributed by atoms with Crippen molar-refractivity contribution in [1.82, 2.24) is 15.1 Å². The van der Waals surface area contributed by atoms with Crippen molar-refractivity contribution >= 4 is 16.7 Å². The van der Waals surface area contributed by atoms with Gasteiger partial charge in [-0.3, -0.25) is 4.79 Å². The Kier molecular flexibility index (Phi) is 3.76. The Bertz CT molecular complexity index is 604. The van der Waals surface area contributed by atoms with Crippen LogP contribution in [0.1, 0.15) is 19.3 Å². The van der Waals surface area contributed by atoms with E-state index in [1.165, 1.54) is 6.42 Å². The van der Waals surface area contributed by atoms with E-state index in [2.05, 4.69) is 10.2 Å². The Morgan fingerprint density at radius 1 is 1.20 bits per heavy atom. The summed E-state index contributed by atoms with van der Waals surface area (Å²) in [7, 11) is 0. The number of likely N-dealkylation sites (tertiary alicyclic amines) is 1. The van der Waals surface area contributed by atoms with Crippen LogP contribution in [0.2, 0.25) is 0 Å². The van der Waals surface area contributed by atoms with E-state index in [4.69, 9.17) is 4.74 Å². The van der Waals surface area contributed by atoms with Crippen LogP contribution in [-0.2, 0) is 4.79 Å². The van der Waals surface area contributed by atoms with Gasteiger partial charge in [0.1, 0.15) is 0 Å². The van der Waals surface area contributed by atoms with Gasteiger partial charge in [-0.2, -0.15) is 5.10 Å². The van der Waals surface area contributed by atoms with Gasteiger partial charge < -0.3 is 9.64 Å². The monoisotopic (exact) mass is 271 g/mol. The van der Waals surface area contributed by atoms with Gasteiger partial charge in [-0.15, -0.1) is 5.10 Å². The summed E-state index contributed by atoms with van der Waals surface area (Å²) < 4.78 is 5.57. The zero-order valence-corrected chi connectivity index (χ0v) is 11.3. The Morgan fingerprint density at radius 2 is 2.00 bits per heavy atom. The molecule has 3 rings (SSSR count). The van der Waals surface area contributed by atoms with Gasteiger partial charge in [0.25, 0.3) is 5.91 Å². The molecule has 1 saturated heterocycles. The molecule has 5 heteroatoms. The molecule has 2 aromatic rings. The van der Waals surface area contributed by atoms with E-state index < -0.39 is 0 Å².